The average molecular weight is 176 g/mol. The highest BCUT2D eigenvalue weighted by Crippen LogP contribution is 2.13. The molecule has 0 atom stereocenters. The van der Waals surface area contributed by atoms with Gasteiger partial charge in [-0.3, -0.25) is 0 Å². The van der Waals surface area contributed by atoms with Gasteiger partial charge in [0.05, 0.1) is 13.2 Å². The van der Waals surface area contributed by atoms with Crippen LogP contribution >= 0.6 is 0 Å². The second-order valence-corrected chi connectivity index (χ2v) is 3.70. The minimum atomic E-state index is -0.157. The van der Waals surface area contributed by atoms with Gasteiger partial charge in [-0.2, -0.15) is 0 Å². The molecule has 0 aromatic carbocycles. The van der Waals surface area contributed by atoms with Crippen LogP contribution in [0.3, 0.4) is 0 Å². The zero-order valence-corrected chi connectivity index (χ0v) is 8.30. The van der Waals surface area contributed by atoms with Gasteiger partial charge in [-0.1, -0.05) is 20.8 Å². The van der Waals surface area contributed by atoms with Gasteiger partial charge >= 0.3 is 0 Å². The van der Waals surface area contributed by atoms with Gasteiger partial charge in [-0.15, -0.1) is 0 Å². The van der Waals surface area contributed by atoms with Crippen molar-refractivity contribution in [3.8, 4) is 0 Å². The lowest BCUT2D eigenvalue weighted by Gasteiger charge is -2.20. The molecule has 3 nitrogen and oxygen atoms in total. The summed E-state index contributed by atoms with van der Waals surface area (Å²) < 4.78 is 10.3. The molecular weight excluding hydrogens is 156 g/mol. The van der Waals surface area contributed by atoms with Crippen LogP contribution in [-0.2, 0) is 9.47 Å². The highest BCUT2D eigenvalue weighted by Gasteiger charge is 2.15. The Bertz CT molecular complexity index is 102. The zero-order valence-electron chi connectivity index (χ0n) is 8.30. The zero-order chi connectivity index (χ0) is 9.45. The molecule has 0 aromatic heterocycles. The summed E-state index contributed by atoms with van der Waals surface area (Å²) in [5.74, 6) is 0. The summed E-state index contributed by atoms with van der Waals surface area (Å²) in [4.78, 5) is 0. The minimum Gasteiger partial charge on any atom is -0.396 e. The standard InChI is InChI=1S/C9H20O3/c1-4-5-11-8-12-7-9(2,3)6-10/h10H,4-8H2,1-3H3. The summed E-state index contributed by atoms with van der Waals surface area (Å²) >= 11 is 0. The van der Waals surface area contributed by atoms with Gasteiger partial charge in [-0.25, -0.2) is 0 Å². The number of aliphatic hydroxyl groups excluding tert-OH is 1. The van der Waals surface area contributed by atoms with Crippen molar-refractivity contribution in [3.05, 3.63) is 0 Å². The predicted molar refractivity (Wildman–Crippen MR) is 47.9 cm³/mol. The summed E-state index contributed by atoms with van der Waals surface area (Å²) in [6, 6.07) is 0. The molecule has 0 aliphatic carbocycles. The Morgan fingerprint density at radius 2 is 1.92 bits per heavy atom. The first-order valence-electron chi connectivity index (χ1n) is 4.39. The van der Waals surface area contributed by atoms with Crippen LogP contribution in [0.5, 0.6) is 0 Å². The van der Waals surface area contributed by atoms with E-state index in [0.29, 0.717) is 13.4 Å². The fourth-order valence-corrected chi connectivity index (χ4v) is 0.626. The van der Waals surface area contributed by atoms with Gasteiger partial charge in [0.15, 0.2) is 0 Å². The van der Waals surface area contributed by atoms with E-state index in [1.807, 2.05) is 13.8 Å². The number of ether oxygens (including phenoxy) is 2. The predicted octanol–water partition coefficient (Wildman–Crippen LogP) is 1.41. The van der Waals surface area contributed by atoms with Gasteiger partial charge in [0, 0.05) is 12.0 Å². The van der Waals surface area contributed by atoms with E-state index in [1.165, 1.54) is 0 Å². The molecule has 0 spiro atoms. The fraction of sp³-hybridized carbons (Fsp3) is 1.00. The third-order valence-corrected chi connectivity index (χ3v) is 1.44. The molecule has 0 aliphatic heterocycles. The van der Waals surface area contributed by atoms with E-state index in [1.54, 1.807) is 0 Å². The van der Waals surface area contributed by atoms with Crippen LogP contribution in [0.1, 0.15) is 27.2 Å². The van der Waals surface area contributed by atoms with E-state index in [-0.39, 0.29) is 12.0 Å². The maximum Gasteiger partial charge on any atom is 0.146 e. The number of hydrogen-bond donors (Lipinski definition) is 1. The fourth-order valence-electron chi connectivity index (χ4n) is 0.626. The molecule has 1 N–H and O–H groups in total. The van der Waals surface area contributed by atoms with E-state index in [0.717, 1.165) is 13.0 Å². The maximum atomic E-state index is 8.88. The molecular formula is C9H20O3. The van der Waals surface area contributed by atoms with E-state index < -0.39 is 0 Å². The molecule has 3 heteroatoms. The molecule has 0 aromatic rings. The summed E-state index contributed by atoms with van der Waals surface area (Å²) in [6.45, 7) is 7.70. The Morgan fingerprint density at radius 1 is 1.25 bits per heavy atom. The first kappa shape index (κ1) is 11.9. The SMILES string of the molecule is CCCOCOCC(C)(C)CO. The van der Waals surface area contributed by atoms with E-state index in [2.05, 4.69) is 6.92 Å². The summed E-state index contributed by atoms with van der Waals surface area (Å²) in [6.07, 6.45) is 1.01. The third kappa shape index (κ3) is 6.58. The monoisotopic (exact) mass is 176 g/mol. The Balaban J connectivity index is 3.19. The molecule has 0 unspecified atom stereocenters. The maximum absolute atomic E-state index is 8.88. The van der Waals surface area contributed by atoms with Crippen LogP contribution in [0.2, 0.25) is 0 Å². The Morgan fingerprint density at radius 3 is 2.42 bits per heavy atom. The second kappa shape index (κ2) is 6.40. The molecule has 74 valence electrons. The van der Waals surface area contributed by atoms with Crippen molar-refractivity contribution in [2.24, 2.45) is 5.41 Å². The van der Waals surface area contributed by atoms with Gasteiger partial charge in [0.1, 0.15) is 6.79 Å². The van der Waals surface area contributed by atoms with Gasteiger partial charge in [-0.05, 0) is 6.42 Å². The van der Waals surface area contributed by atoms with Crippen LogP contribution < -0.4 is 0 Å². The molecule has 0 fully saturated rings. The highest BCUT2D eigenvalue weighted by atomic mass is 16.7. The van der Waals surface area contributed by atoms with Crippen molar-refractivity contribution in [2.75, 3.05) is 26.6 Å². The Hall–Kier alpha value is -0.120. The average Bonchev–Trinajstić information content (AvgIpc) is 2.04. The molecule has 12 heavy (non-hydrogen) atoms. The van der Waals surface area contributed by atoms with E-state index in [4.69, 9.17) is 14.6 Å². The first-order chi connectivity index (χ1) is 5.62. The van der Waals surface area contributed by atoms with Crippen LogP contribution in [-0.4, -0.2) is 31.7 Å². The molecule has 0 bridgehead atoms. The molecule has 0 aliphatic rings. The molecule has 0 radical (unpaired) electrons. The van der Waals surface area contributed by atoms with Crippen LogP contribution in [0, 0.1) is 5.41 Å². The second-order valence-electron chi connectivity index (χ2n) is 3.70. The summed E-state index contributed by atoms with van der Waals surface area (Å²) in [5, 5.41) is 8.88. The quantitative estimate of drug-likeness (QED) is 0.471. The Labute approximate surface area is 74.7 Å². The Kier molecular flexibility index (Phi) is 6.34. The van der Waals surface area contributed by atoms with E-state index in [9.17, 15) is 0 Å². The lowest BCUT2D eigenvalue weighted by molar-refractivity contribution is -0.0836. The van der Waals surface area contributed by atoms with Crippen LogP contribution in [0.25, 0.3) is 0 Å². The number of hydrogen-bond acceptors (Lipinski definition) is 3. The normalized spacial score (nSPS) is 12.0. The van der Waals surface area contributed by atoms with Gasteiger partial charge in [0.2, 0.25) is 0 Å². The lowest BCUT2D eigenvalue weighted by Crippen LogP contribution is -2.24. The van der Waals surface area contributed by atoms with Gasteiger partial charge in [0.25, 0.3) is 0 Å². The van der Waals surface area contributed by atoms with Crippen LogP contribution in [0.15, 0.2) is 0 Å². The molecule has 0 amide bonds. The molecule has 0 heterocycles. The van der Waals surface area contributed by atoms with Gasteiger partial charge < -0.3 is 14.6 Å². The number of aliphatic hydroxyl groups is 1. The molecule has 0 saturated carbocycles. The lowest BCUT2D eigenvalue weighted by atomic mass is 9.97. The highest BCUT2D eigenvalue weighted by molar-refractivity contribution is 4.64. The largest absolute Gasteiger partial charge is 0.396 e. The van der Waals surface area contributed by atoms with Crippen molar-refractivity contribution < 1.29 is 14.6 Å². The summed E-state index contributed by atoms with van der Waals surface area (Å²) in [5.41, 5.74) is -0.157. The smallest absolute Gasteiger partial charge is 0.146 e. The van der Waals surface area contributed by atoms with Crippen molar-refractivity contribution >= 4 is 0 Å². The third-order valence-electron chi connectivity index (χ3n) is 1.44. The van der Waals surface area contributed by atoms with Crippen LogP contribution in [0.4, 0.5) is 0 Å². The van der Waals surface area contributed by atoms with Crippen molar-refractivity contribution in [3.63, 3.8) is 0 Å². The van der Waals surface area contributed by atoms with Crippen molar-refractivity contribution in [1.82, 2.24) is 0 Å². The molecule has 0 saturated heterocycles. The first-order valence-corrected chi connectivity index (χ1v) is 4.39. The summed E-state index contributed by atoms with van der Waals surface area (Å²) in [7, 11) is 0. The number of rotatable bonds is 7. The topological polar surface area (TPSA) is 38.7 Å². The molecule has 0 rings (SSSR count). The minimum absolute atomic E-state index is 0.140. The van der Waals surface area contributed by atoms with Crippen molar-refractivity contribution in [2.45, 2.75) is 27.2 Å². The van der Waals surface area contributed by atoms with E-state index >= 15 is 0 Å². The van der Waals surface area contributed by atoms with Crippen molar-refractivity contribution in [1.29, 1.82) is 0 Å².